The molecule has 2 heteroatoms. The summed E-state index contributed by atoms with van der Waals surface area (Å²) in [4.78, 5) is 7.88. The van der Waals surface area contributed by atoms with Crippen LogP contribution in [0, 0.1) is 0 Å². The van der Waals surface area contributed by atoms with Gasteiger partial charge in [0.2, 0.25) is 0 Å². The van der Waals surface area contributed by atoms with Gasteiger partial charge in [0.25, 0.3) is 0 Å². The van der Waals surface area contributed by atoms with Crippen molar-refractivity contribution in [3.05, 3.63) is 24.3 Å². The van der Waals surface area contributed by atoms with Gasteiger partial charge < -0.3 is 0 Å². The largest absolute Gasteiger partial charge is 0.270 e. The second-order valence-electron chi connectivity index (χ2n) is 1.57. The molecule has 0 aromatic carbocycles. The number of rotatable bonds is 0. The Bertz CT molecular complexity index is 155. The maximum absolute atomic E-state index is 3.94. The highest BCUT2D eigenvalue weighted by Gasteiger charge is 1.70. The van der Waals surface area contributed by atoms with Crippen LogP contribution >= 0.6 is 0 Å². The normalized spacial score (nSPS) is 31.1. The molecule has 0 spiro atoms. The molecule has 0 amide bonds. The molecule has 0 fully saturated rings. The van der Waals surface area contributed by atoms with Gasteiger partial charge in [-0.05, 0) is 12.2 Å². The first-order valence-corrected chi connectivity index (χ1v) is 2.82. The lowest BCUT2D eigenvalue weighted by Crippen LogP contribution is -1.72. The summed E-state index contributed by atoms with van der Waals surface area (Å²) in [5.74, 6) is 0. The maximum Gasteiger partial charge on any atom is 0.129 e. The van der Waals surface area contributed by atoms with Gasteiger partial charge in [0.15, 0.2) is 0 Å². The first-order chi connectivity index (χ1) is 4.50. The molecule has 1 rings (SSSR count). The lowest BCUT2D eigenvalue weighted by Gasteiger charge is -1.76. The van der Waals surface area contributed by atoms with Crippen molar-refractivity contribution in [2.75, 3.05) is 6.67 Å². The van der Waals surface area contributed by atoms with E-state index in [4.69, 9.17) is 0 Å². The lowest BCUT2D eigenvalue weighted by atomic mass is 10.4. The van der Waals surface area contributed by atoms with Gasteiger partial charge in [0, 0.05) is 12.4 Å². The minimum atomic E-state index is 0.536. The van der Waals surface area contributed by atoms with E-state index in [1.54, 1.807) is 12.4 Å². The summed E-state index contributed by atoms with van der Waals surface area (Å²) in [6.45, 7) is 0.536. The smallest absolute Gasteiger partial charge is 0.129 e. The standard InChI is InChI=1S/C7H8N2/c1-2-4-6-9-7-8-5-3-1/h1-6H,7H2/b3-1-,4-2+,8-5+,9-6-. The zero-order valence-electron chi connectivity index (χ0n) is 5.07. The van der Waals surface area contributed by atoms with E-state index in [-0.39, 0.29) is 0 Å². The van der Waals surface area contributed by atoms with E-state index in [1.807, 2.05) is 24.3 Å². The van der Waals surface area contributed by atoms with Gasteiger partial charge >= 0.3 is 0 Å². The fraction of sp³-hybridized carbons (Fsp3) is 0.143. The summed E-state index contributed by atoms with van der Waals surface area (Å²) in [6, 6.07) is 0. The van der Waals surface area contributed by atoms with Crippen LogP contribution in [0.4, 0.5) is 0 Å². The number of aliphatic imine (C=N–C) groups is 2. The molecule has 2 nitrogen and oxygen atoms in total. The summed E-state index contributed by atoms with van der Waals surface area (Å²) in [5, 5.41) is 0. The quantitative estimate of drug-likeness (QED) is 0.459. The zero-order chi connectivity index (χ0) is 6.36. The molecule has 1 aliphatic rings. The Kier molecular flexibility index (Phi) is 2.50. The molecule has 0 aromatic heterocycles. The van der Waals surface area contributed by atoms with Crippen LogP contribution in [0.5, 0.6) is 0 Å². The Hall–Kier alpha value is -1.18. The van der Waals surface area contributed by atoms with Gasteiger partial charge in [-0.1, -0.05) is 12.2 Å². The van der Waals surface area contributed by atoms with Crippen molar-refractivity contribution >= 4 is 12.4 Å². The van der Waals surface area contributed by atoms with Crippen LogP contribution in [0.25, 0.3) is 0 Å². The van der Waals surface area contributed by atoms with Crippen LogP contribution in [-0.4, -0.2) is 19.1 Å². The minimum absolute atomic E-state index is 0.536. The summed E-state index contributed by atoms with van der Waals surface area (Å²) in [6.07, 6.45) is 11.1. The molecule has 0 aromatic rings. The third-order valence-electron chi connectivity index (χ3n) is 0.880. The Morgan fingerprint density at radius 3 is 1.89 bits per heavy atom. The van der Waals surface area contributed by atoms with Crippen LogP contribution in [0.15, 0.2) is 34.3 Å². The third-order valence-corrected chi connectivity index (χ3v) is 0.880. The first-order valence-electron chi connectivity index (χ1n) is 2.82. The van der Waals surface area contributed by atoms with E-state index in [0.29, 0.717) is 6.67 Å². The van der Waals surface area contributed by atoms with Crippen molar-refractivity contribution in [3.8, 4) is 0 Å². The van der Waals surface area contributed by atoms with Gasteiger partial charge in [-0.15, -0.1) is 0 Å². The van der Waals surface area contributed by atoms with Crippen molar-refractivity contribution in [1.29, 1.82) is 0 Å². The van der Waals surface area contributed by atoms with Crippen molar-refractivity contribution in [3.63, 3.8) is 0 Å². The molecular formula is C7H8N2. The first kappa shape index (κ1) is 5.95. The van der Waals surface area contributed by atoms with E-state index in [0.717, 1.165) is 0 Å². The number of hydrogen-bond donors (Lipinski definition) is 0. The topological polar surface area (TPSA) is 24.7 Å². The lowest BCUT2D eigenvalue weighted by molar-refractivity contribution is 1.09. The van der Waals surface area contributed by atoms with Crippen molar-refractivity contribution in [1.82, 2.24) is 0 Å². The molecule has 0 aliphatic carbocycles. The van der Waals surface area contributed by atoms with Crippen molar-refractivity contribution in [2.45, 2.75) is 0 Å². The van der Waals surface area contributed by atoms with Gasteiger partial charge in [0.05, 0.1) is 0 Å². The summed E-state index contributed by atoms with van der Waals surface area (Å²) in [7, 11) is 0. The molecule has 0 radical (unpaired) electrons. The van der Waals surface area contributed by atoms with Crippen molar-refractivity contribution in [2.24, 2.45) is 9.98 Å². The second kappa shape index (κ2) is 3.78. The average Bonchev–Trinajstić information content (AvgIpc) is 2.00. The molecule has 0 atom stereocenters. The van der Waals surface area contributed by atoms with E-state index in [9.17, 15) is 0 Å². The number of hydrogen-bond acceptors (Lipinski definition) is 2. The molecule has 0 saturated heterocycles. The second-order valence-corrected chi connectivity index (χ2v) is 1.57. The highest BCUT2D eigenvalue weighted by molar-refractivity contribution is 5.75. The van der Waals surface area contributed by atoms with E-state index < -0.39 is 0 Å². The fourth-order valence-corrected chi connectivity index (χ4v) is 0.491. The maximum atomic E-state index is 3.94. The van der Waals surface area contributed by atoms with Crippen LogP contribution in [-0.2, 0) is 0 Å². The zero-order valence-corrected chi connectivity index (χ0v) is 5.07. The van der Waals surface area contributed by atoms with Crippen LogP contribution in [0.2, 0.25) is 0 Å². The summed E-state index contributed by atoms with van der Waals surface area (Å²) >= 11 is 0. The predicted octanol–water partition coefficient (Wildman–Crippen LogP) is 1.21. The molecule has 1 aliphatic heterocycles. The fourth-order valence-electron chi connectivity index (χ4n) is 0.491. The molecule has 0 N–H and O–H groups in total. The van der Waals surface area contributed by atoms with E-state index >= 15 is 0 Å². The van der Waals surface area contributed by atoms with Crippen molar-refractivity contribution < 1.29 is 0 Å². The van der Waals surface area contributed by atoms with Gasteiger partial charge in [-0.25, -0.2) is 0 Å². The Morgan fingerprint density at radius 1 is 0.778 bits per heavy atom. The Balaban J connectivity index is 2.60. The summed E-state index contributed by atoms with van der Waals surface area (Å²) in [5.41, 5.74) is 0. The minimum Gasteiger partial charge on any atom is -0.270 e. The molecule has 0 bridgehead atoms. The monoisotopic (exact) mass is 120 g/mol. The van der Waals surface area contributed by atoms with Gasteiger partial charge in [-0.3, -0.25) is 9.98 Å². The highest BCUT2D eigenvalue weighted by atomic mass is 14.9. The van der Waals surface area contributed by atoms with E-state index in [2.05, 4.69) is 9.98 Å². The van der Waals surface area contributed by atoms with Crippen LogP contribution < -0.4 is 0 Å². The summed E-state index contributed by atoms with van der Waals surface area (Å²) < 4.78 is 0. The molecule has 0 unspecified atom stereocenters. The van der Waals surface area contributed by atoms with Gasteiger partial charge in [0.1, 0.15) is 6.67 Å². The van der Waals surface area contributed by atoms with Crippen LogP contribution in [0.3, 0.4) is 0 Å². The average molecular weight is 120 g/mol. The predicted molar refractivity (Wildman–Crippen MR) is 40.1 cm³/mol. The molecule has 9 heavy (non-hydrogen) atoms. The Morgan fingerprint density at radius 2 is 1.33 bits per heavy atom. The number of allylic oxidation sites excluding steroid dienone is 4. The molecule has 1 heterocycles. The van der Waals surface area contributed by atoms with E-state index in [1.165, 1.54) is 0 Å². The van der Waals surface area contributed by atoms with Crippen LogP contribution in [0.1, 0.15) is 0 Å². The molecular weight excluding hydrogens is 112 g/mol. The highest BCUT2D eigenvalue weighted by Crippen LogP contribution is 1.79. The SMILES string of the molecule is C1=C\C=N\C\N=C/C=C/1. The van der Waals surface area contributed by atoms with Gasteiger partial charge in [-0.2, -0.15) is 0 Å². The molecule has 46 valence electrons. The number of nitrogens with zero attached hydrogens (tertiary/aromatic N) is 2. The molecule has 0 saturated carbocycles. The Labute approximate surface area is 54.3 Å². The third kappa shape index (κ3) is 2.59.